The molecule has 1 aliphatic rings. The lowest BCUT2D eigenvalue weighted by Gasteiger charge is -2.17. The lowest BCUT2D eigenvalue weighted by molar-refractivity contribution is 0.381. The Bertz CT molecular complexity index is 336. The average Bonchev–Trinajstić information content (AvgIpc) is 2.87. The number of hydrogen-bond acceptors (Lipinski definition) is 3. The Balaban J connectivity index is 1.86. The smallest absolute Gasteiger partial charge is 0.120 e. The summed E-state index contributed by atoms with van der Waals surface area (Å²) in [6, 6.07) is 5.11. The highest BCUT2D eigenvalue weighted by Crippen LogP contribution is 2.29. The Morgan fingerprint density at radius 3 is 2.81 bits per heavy atom. The van der Waals surface area contributed by atoms with Gasteiger partial charge in [-0.25, -0.2) is 0 Å². The third kappa shape index (κ3) is 2.83. The van der Waals surface area contributed by atoms with Gasteiger partial charge in [-0.1, -0.05) is 0 Å². The van der Waals surface area contributed by atoms with Crippen molar-refractivity contribution in [3.05, 3.63) is 23.7 Å². The van der Waals surface area contributed by atoms with Crippen LogP contribution in [0, 0.1) is 6.92 Å². The Hall–Kier alpha value is -0.410. The Morgan fingerprint density at radius 1 is 1.44 bits per heavy atom. The predicted molar refractivity (Wildman–Crippen MR) is 69.9 cm³/mol. The number of hydrogen-bond donors (Lipinski definition) is 1. The minimum Gasteiger partial charge on any atom is -0.465 e. The summed E-state index contributed by atoms with van der Waals surface area (Å²) in [7, 11) is 0. The number of thioether (sulfide) groups is 1. The van der Waals surface area contributed by atoms with Gasteiger partial charge < -0.3 is 9.73 Å². The van der Waals surface area contributed by atoms with Gasteiger partial charge in [-0.05, 0) is 51.5 Å². The van der Waals surface area contributed by atoms with Crippen LogP contribution in [0.25, 0.3) is 0 Å². The van der Waals surface area contributed by atoms with Gasteiger partial charge in [0.15, 0.2) is 0 Å². The van der Waals surface area contributed by atoms with Crippen LogP contribution >= 0.6 is 11.8 Å². The van der Waals surface area contributed by atoms with Crippen LogP contribution in [0.15, 0.2) is 16.5 Å². The Labute approximate surface area is 102 Å². The average molecular weight is 239 g/mol. The standard InChI is InChI=1S/C13H21NOS/c1-9-4-7-13(15-9)10(2)14-11-5-6-12(8-11)16-3/h4,7,10-12,14H,5-6,8H2,1-3H3/t10-,11+,12-/m0/s1. The van der Waals surface area contributed by atoms with Crippen LogP contribution in [-0.4, -0.2) is 17.5 Å². The van der Waals surface area contributed by atoms with E-state index in [1.807, 2.05) is 24.8 Å². The van der Waals surface area contributed by atoms with Crippen LogP contribution in [0.2, 0.25) is 0 Å². The monoisotopic (exact) mass is 239 g/mol. The van der Waals surface area contributed by atoms with Gasteiger partial charge in [-0.2, -0.15) is 11.8 Å². The maximum absolute atomic E-state index is 5.64. The Morgan fingerprint density at radius 2 is 2.25 bits per heavy atom. The molecule has 0 aromatic carbocycles. The molecule has 1 heterocycles. The molecular formula is C13H21NOS. The molecule has 1 saturated carbocycles. The first kappa shape index (κ1) is 12.1. The molecule has 0 amide bonds. The van der Waals surface area contributed by atoms with E-state index in [1.165, 1.54) is 19.3 Å². The number of furan rings is 1. The van der Waals surface area contributed by atoms with E-state index in [0.29, 0.717) is 12.1 Å². The van der Waals surface area contributed by atoms with E-state index in [1.54, 1.807) is 0 Å². The molecule has 2 rings (SSSR count). The number of nitrogens with one attached hydrogen (secondary N) is 1. The summed E-state index contributed by atoms with van der Waals surface area (Å²) in [4.78, 5) is 0. The summed E-state index contributed by atoms with van der Waals surface area (Å²) >= 11 is 2.00. The fourth-order valence-electron chi connectivity index (χ4n) is 2.43. The molecule has 0 aliphatic heterocycles. The first-order valence-electron chi connectivity index (χ1n) is 6.04. The number of aryl methyl sites for hydroxylation is 1. The summed E-state index contributed by atoms with van der Waals surface area (Å²) in [6.07, 6.45) is 6.16. The van der Waals surface area contributed by atoms with Crippen molar-refractivity contribution in [2.24, 2.45) is 0 Å². The maximum Gasteiger partial charge on any atom is 0.120 e. The van der Waals surface area contributed by atoms with Gasteiger partial charge in [-0.3, -0.25) is 0 Å². The first-order chi connectivity index (χ1) is 7.69. The SMILES string of the molecule is CS[C@H]1CC[C@@H](N[C@@H](C)c2ccc(C)o2)C1. The van der Waals surface area contributed by atoms with E-state index in [9.17, 15) is 0 Å². The highest BCUT2D eigenvalue weighted by Gasteiger charge is 2.25. The molecule has 0 unspecified atom stereocenters. The maximum atomic E-state index is 5.64. The predicted octanol–water partition coefficient (Wildman–Crippen LogP) is 3.52. The molecule has 16 heavy (non-hydrogen) atoms. The van der Waals surface area contributed by atoms with Crippen molar-refractivity contribution in [1.29, 1.82) is 0 Å². The van der Waals surface area contributed by atoms with E-state index in [0.717, 1.165) is 16.8 Å². The van der Waals surface area contributed by atoms with Gasteiger partial charge in [0.25, 0.3) is 0 Å². The fourth-order valence-corrected chi connectivity index (χ4v) is 3.22. The second kappa shape index (κ2) is 5.28. The molecule has 1 aromatic rings. The first-order valence-corrected chi connectivity index (χ1v) is 7.33. The molecule has 1 aromatic heterocycles. The van der Waals surface area contributed by atoms with E-state index in [2.05, 4.69) is 24.6 Å². The highest BCUT2D eigenvalue weighted by molar-refractivity contribution is 7.99. The van der Waals surface area contributed by atoms with Crippen molar-refractivity contribution >= 4 is 11.8 Å². The van der Waals surface area contributed by atoms with Crippen molar-refractivity contribution in [2.75, 3.05) is 6.26 Å². The lowest BCUT2D eigenvalue weighted by Crippen LogP contribution is -2.29. The van der Waals surface area contributed by atoms with Crippen LogP contribution in [-0.2, 0) is 0 Å². The van der Waals surface area contributed by atoms with Crippen LogP contribution in [0.3, 0.4) is 0 Å². The van der Waals surface area contributed by atoms with Crippen molar-refractivity contribution in [1.82, 2.24) is 5.32 Å². The summed E-state index contributed by atoms with van der Waals surface area (Å²) in [5.41, 5.74) is 0. The second-order valence-corrected chi connectivity index (χ2v) is 5.84. The topological polar surface area (TPSA) is 25.2 Å². The molecule has 1 N–H and O–H groups in total. The van der Waals surface area contributed by atoms with Crippen molar-refractivity contribution in [3.8, 4) is 0 Å². The third-order valence-electron chi connectivity index (χ3n) is 3.39. The molecule has 0 radical (unpaired) electrons. The van der Waals surface area contributed by atoms with Gasteiger partial charge in [0.05, 0.1) is 6.04 Å². The largest absolute Gasteiger partial charge is 0.465 e. The van der Waals surface area contributed by atoms with Gasteiger partial charge in [0, 0.05) is 11.3 Å². The molecule has 3 heteroatoms. The van der Waals surface area contributed by atoms with E-state index < -0.39 is 0 Å². The fraction of sp³-hybridized carbons (Fsp3) is 0.692. The molecule has 90 valence electrons. The van der Waals surface area contributed by atoms with Crippen molar-refractivity contribution < 1.29 is 4.42 Å². The molecule has 3 atom stereocenters. The van der Waals surface area contributed by atoms with E-state index in [4.69, 9.17) is 4.42 Å². The van der Waals surface area contributed by atoms with Crippen molar-refractivity contribution in [2.45, 2.75) is 50.4 Å². The molecule has 2 nitrogen and oxygen atoms in total. The van der Waals surface area contributed by atoms with Gasteiger partial charge in [0.1, 0.15) is 11.5 Å². The summed E-state index contributed by atoms with van der Waals surface area (Å²) in [5.74, 6) is 2.06. The minimum atomic E-state index is 0.333. The lowest BCUT2D eigenvalue weighted by atomic mass is 10.2. The zero-order valence-corrected chi connectivity index (χ0v) is 11.1. The second-order valence-electron chi connectivity index (χ2n) is 4.70. The van der Waals surface area contributed by atoms with Crippen LogP contribution in [0.5, 0.6) is 0 Å². The van der Waals surface area contributed by atoms with Crippen LogP contribution < -0.4 is 5.32 Å². The summed E-state index contributed by atoms with van der Waals surface area (Å²) in [5, 5.41) is 4.52. The Kier molecular flexibility index (Phi) is 3.98. The molecule has 0 bridgehead atoms. The minimum absolute atomic E-state index is 0.333. The third-order valence-corrected chi connectivity index (χ3v) is 4.49. The highest BCUT2D eigenvalue weighted by atomic mass is 32.2. The van der Waals surface area contributed by atoms with Gasteiger partial charge in [-0.15, -0.1) is 0 Å². The van der Waals surface area contributed by atoms with Crippen LogP contribution in [0.4, 0.5) is 0 Å². The molecule has 0 spiro atoms. The normalized spacial score (nSPS) is 27.2. The zero-order valence-electron chi connectivity index (χ0n) is 10.3. The van der Waals surface area contributed by atoms with Crippen LogP contribution in [0.1, 0.15) is 43.7 Å². The quantitative estimate of drug-likeness (QED) is 0.870. The molecular weight excluding hydrogens is 218 g/mol. The number of rotatable bonds is 4. The van der Waals surface area contributed by atoms with Gasteiger partial charge in [0.2, 0.25) is 0 Å². The van der Waals surface area contributed by atoms with E-state index in [-0.39, 0.29) is 0 Å². The zero-order chi connectivity index (χ0) is 11.5. The van der Waals surface area contributed by atoms with Crippen molar-refractivity contribution in [3.63, 3.8) is 0 Å². The molecule has 1 fully saturated rings. The summed E-state index contributed by atoms with van der Waals surface area (Å²) < 4.78 is 5.64. The van der Waals surface area contributed by atoms with Gasteiger partial charge >= 0.3 is 0 Å². The molecule has 1 aliphatic carbocycles. The van der Waals surface area contributed by atoms with E-state index >= 15 is 0 Å². The molecule has 0 saturated heterocycles. The summed E-state index contributed by atoms with van der Waals surface area (Å²) in [6.45, 7) is 4.18.